The number of para-hydroxylation sites is 2. The first-order valence-electron chi connectivity index (χ1n) is 11.2. The number of Topliss-reactive ketones (excluding diaryl/α,β-unsaturated/α-hetero) is 1. The molecule has 7 nitrogen and oxygen atoms in total. The van der Waals surface area contributed by atoms with Crippen LogP contribution in [-0.4, -0.2) is 32.1 Å². The predicted molar refractivity (Wildman–Crippen MR) is 131 cm³/mol. The normalized spacial score (nSPS) is 21.1. The van der Waals surface area contributed by atoms with Gasteiger partial charge in [-0.25, -0.2) is 0 Å². The van der Waals surface area contributed by atoms with E-state index in [4.69, 9.17) is 14.2 Å². The fourth-order valence-electron chi connectivity index (χ4n) is 4.88. The molecule has 1 aromatic heterocycles. The number of nitrogens with one attached hydrogen (secondary N) is 2. The van der Waals surface area contributed by atoms with Crippen molar-refractivity contribution in [1.29, 1.82) is 0 Å². The van der Waals surface area contributed by atoms with Crippen LogP contribution in [0.4, 0.5) is 11.4 Å². The number of carbonyl (C=O) groups excluding carboxylic acids is 1. The van der Waals surface area contributed by atoms with Gasteiger partial charge in [-0.3, -0.25) is 9.78 Å². The maximum atomic E-state index is 13.7. The number of hydrogen-bond donors (Lipinski definition) is 2. The number of nitrogens with zero attached hydrogens (tertiary/aromatic N) is 1. The summed E-state index contributed by atoms with van der Waals surface area (Å²) in [5.74, 6) is 1.34. The lowest BCUT2D eigenvalue weighted by atomic mass is 9.76. The van der Waals surface area contributed by atoms with Crippen molar-refractivity contribution in [3.8, 4) is 17.2 Å². The molecule has 7 heteroatoms. The molecule has 0 fully saturated rings. The molecule has 3 atom stereocenters. The van der Waals surface area contributed by atoms with Crippen LogP contribution in [-0.2, 0) is 4.79 Å². The van der Waals surface area contributed by atoms with E-state index in [1.165, 1.54) is 0 Å². The van der Waals surface area contributed by atoms with Crippen LogP contribution >= 0.6 is 0 Å². The zero-order valence-electron chi connectivity index (χ0n) is 19.4. The first kappa shape index (κ1) is 21.8. The third-order valence-electron chi connectivity index (χ3n) is 6.51. The lowest BCUT2D eigenvalue weighted by Gasteiger charge is -2.32. The second-order valence-corrected chi connectivity index (χ2v) is 8.41. The Morgan fingerprint density at radius 1 is 0.882 bits per heavy atom. The van der Waals surface area contributed by atoms with E-state index >= 15 is 0 Å². The molecule has 0 radical (unpaired) electrons. The summed E-state index contributed by atoms with van der Waals surface area (Å²) in [5.41, 5.74) is 4.73. The van der Waals surface area contributed by atoms with Crippen LogP contribution < -0.4 is 24.8 Å². The molecule has 0 bridgehead atoms. The van der Waals surface area contributed by atoms with Crippen molar-refractivity contribution in [2.45, 2.75) is 18.4 Å². The number of allylic oxidation sites excluding steroid dienone is 1. The first-order valence-corrected chi connectivity index (χ1v) is 11.2. The van der Waals surface area contributed by atoms with Crippen LogP contribution in [0.1, 0.15) is 29.5 Å². The number of aromatic nitrogens is 1. The molecule has 2 aromatic carbocycles. The van der Waals surface area contributed by atoms with E-state index < -0.39 is 0 Å². The number of ether oxygens (including phenoxy) is 3. The Balaban J connectivity index is 1.61. The molecule has 0 amide bonds. The molecule has 0 saturated carbocycles. The van der Waals surface area contributed by atoms with Gasteiger partial charge in [-0.2, -0.15) is 0 Å². The summed E-state index contributed by atoms with van der Waals surface area (Å²) >= 11 is 0. The first-order chi connectivity index (χ1) is 16.6. The monoisotopic (exact) mass is 457 g/mol. The van der Waals surface area contributed by atoms with E-state index in [-0.39, 0.29) is 23.7 Å². The third kappa shape index (κ3) is 3.83. The summed E-state index contributed by atoms with van der Waals surface area (Å²) < 4.78 is 16.6. The molecule has 34 heavy (non-hydrogen) atoms. The Morgan fingerprint density at radius 3 is 2.21 bits per heavy atom. The van der Waals surface area contributed by atoms with Crippen LogP contribution in [0.15, 0.2) is 72.7 Å². The van der Waals surface area contributed by atoms with Crippen molar-refractivity contribution in [2.24, 2.45) is 5.92 Å². The molecular formula is C27H27N3O4. The largest absolute Gasteiger partial charge is 0.493 e. The second kappa shape index (κ2) is 9.09. The average Bonchev–Trinajstić information content (AvgIpc) is 3.05. The minimum absolute atomic E-state index is 0.136. The summed E-state index contributed by atoms with van der Waals surface area (Å²) in [4.78, 5) is 17.9. The van der Waals surface area contributed by atoms with E-state index in [1.807, 2.05) is 48.5 Å². The van der Waals surface area contributed by atoms with Crippen molar-refractivity contribution in [3.05, 3.63) is 83.8 Å². The topological polar surface area (TPSA) is 81.7 Å². The highest BCUT2D eigenvalue weighted by molar-refractivity contribution is 5.90. The Hall–Kier alpha value is -4.00. The van der Waals surface area contributed by atoms with Gasteiger partial charge in [-0.15, -0.1) is 0 Å². The van der Waals surface area contributed by atoms with Crippen molar-refractivity contribution < 1.29 is 19.0 Å². The molecule has 2 N–H and O–H groups in total. The van der Waals surface area contributed by atoms with Crippen LogP contribution in [0.2, 0.25) is 0 Å². The van der Waals surface area contributed by atoms with Gasteiger partial charge < -0.3 is 24.8 Å². The molecule has 3 unspecified atom stereocenters. The third-order valence-corrected chi connectivity index (χ3v) is 6.51. The van der Waals surface area contributed by atoms with E-state index in [2.05, 4.69) is 21.7 Å². The van der Waals surface area contributed by atoms with Crippen molar-refractivity contribution in [3.63, 3.8) is 0 Å². The fraction of sp³-hybridized carbons (Fsp3) is 0.259. The van der Waals surface area contributed by atoms with Crippen LogP contribution in [0, 0.1) is 5.92 Å². The lowest BCUT2D eigenvalue weighted by molar-refractivity contribution is -0.122. The lowest BCUT2D eigenvalue weighted by Crippen LogP contribution is -2.33. The van der Waals surface area contributed by atoms with Crippen LogP contribution in [0.25, 0.3) is 0 Å². The Labute approximate surface area is 198 Å². The maximum absolute atomic E-state index is 13.7. The number of benzene rings is 2. The summed E-state index contributed by atoms with van der Waals surface area (Å²) in [7, 11) is 4.77. The predicted octanol–water partition coefficient (Wildman–Crippen LogP) is 4.94. The number of hydrogen-bond acceptors (Lipinski definition) is 7. The zero-order valence-corrected chi connectivity index (χ0v) is 19.4. The SMILES string of the molecule is COc1cc(C2C=C3Nc4ccccc4NC(c4ccncc4)C3C(=O)C2)cc(OC)c1OC. The summed E-state index contributed by atoms with van der Waals surface area (Å²) in [6, 6.07) is 15.6. The number of anilines is 2. The highest BCUT2D eigenvalue weighted by Crippen LogP contribution is 2.46. The van der Waals surface area contributed by atoms with Crippen LogP contribution in [0.5, 0.6) is 17.2 Å². The molecular weight excluding hydrogens is 430 g/mol. The molecule has 2 heterocycles. The maximum Gasteiger partial charge on any atom is 0.203 e. The van der Waals surface area contributed by atoms with Crippen LogP contribution in [0.3, 0.4) is 0 Å². The molecule has 3 aromatic rings. The fourth-order valence-corrected chi connectivity index (χ4v) is 4.88. The number of ketones is 1. The molecule has 0 spiro atoms. The number of methoxy groups -OCH3 is 3. The van der Waals surface area contributed by atoms with Gasteiger partial charge in [0.15, 0.2) is 11.5 Å². The quantitative estimate of drug-likeness (QED) is 0.561. The number of rotatable bonds is 5. The standard InChI is InChI=1S/C27H27N3O4/c1-32-23-14-18(15-24(33-2)27(23)34-3)17-12-21-25(22(31)13-17)26(16-8-10-28-11-9-16)30-20-7-5-4-6-19(20)29-21/h4-12,14-15,17,25-26,29-30H,13H2,1-3H3. The van der Waals surface area contributed by atoms with Crippen molar-refractivity contribution >= 4 is 17.2 Å². The Morgan fingerprint density at radius 2 is 1.56 bits per heavy atom. The summed E-state index contributed by atoms with van der Waals surface area (Å²) in [5, 5.41) is 7.15. The van der Waals surface area contributed by atoms with Gasteiger partial charge >= 0.3 is 0 Å². The van der Waals surface area contributed by atoms with Gasteiger partial charge in [-0.1, -0.05) is 18.2 Å². The summed E-state index contributed by atoms with van der Waals surface area (Å²) in [6.45, 7) is 0. The minimum Gasteiger partial charge on any atom is -0.493 e. The minimum atomic E-state index is -0.354. The highest BCUT2D eigenvalue weighted by Gasteiger charge is 2.40. The molecule has 174 valence electrons. The van der Waals surface area contributed by atoms with Gasteiger partial charge in [0, 0.05) is 30.4 Å². The Bertz CT molecular complexity index is 1220. The molecule has 1 aliphatic heterocycles. The molecule has 1 aliphatic carbocycles. The Kier molecular flexibility index (Phi) is 5.84. The smallest absolute Gasteiger partial charge is 0.203 e. The average molecular weight is 458 g/mol. The molecule has 0 saturated heterocycles. The van der Waals surface area contributed by atoms with Gasteiger partial charge in [0.25, 0.3) is 0 Å². The number of fused-ring (bicyclic) bond motifs is 2. The summed E-state index contributed by atoms with van der Waals surface area (Å²) in [6.07, 6.45) is 6.05. The van der Waals surface area contributed by atoms with E-state index in [9.17, 15) is 4.79 Å². The van der Waals surface area contributed by atoms with Crippen molar-refractivity contribution in [1.82, 2.24) is 4.98 Å². The molecule has 2 aliphatic rings. The highest BCUT2D eigenvalue weighted by atomic mass is 16.5. The van der Waals surface area contributed by atoms with Gasteiger partial charge in [-0.05, 0) is 47.5 Å². The molecule has 5 rings (SSSR count). The van der Waals surface area contributed by atoms with Gasteiger partial charge in [0.2, 0.25) is 5.75 Å². The second-order valence-electron chi connectivity index (χ2n) is 8.41. The zero-order chi connectivity index (χ0) is 23.7. The number of pyridine rings is 1. The van der Waals surface area contributed by atoms with E-state index in [0.29, 0.717) is 23.7 Å². The van der Waals surface area contributed by atoms with Gasteiger partial charge in [0.05, 0.1) is 44.7 Å². The van der Waals surface area contributed by atoms with Gasteiger partial charge in [0.1, 0.15) is 5.78 Å². The van der Waals surface area contributed by atoms with E-state index in [1.54, 1.807) is 33.7 Å². The van der Waals surface area contributed by atoms with Crippen molar-refractivity contribution in [2.75, 3.05) is 32.0 Å². The number of carbonyl (C=O) groups is 1. The van der Waals surface area contributed by atoms with E-state index in [0.717, 1.165) is 28.2 Å².